The molecule has 0 spiro atoms. The van der Waals surface area contributed by atoms with Crippen molar-refractivity contribution in [3.8, 4) is 5.75 Å². The molecule has 0 aromatic heterocycles. The molecule has 0 aliphatic heterocycles. The molecule has 0 saturated carbocycles. The first-order valence-electron chi connectivity index (χ1n) is 7.18. The fourth-order valence-electron chi connectivity index (χ4n) is 1.66. The molecular formula is C16H20N2O7. The Morgan fingerprint density at radius 1 is 1.16 bits per heavy atom. The fourth-order valence-corrected chi connectivity index (χ4v) is 1.66. The fraction of sp³-hybridized carbons (Fsp3) is 0.312. The van der Waals surface area contributed by atoms with Crippen LogP contribution in [0.4, 0.5) is 21.0 Å². The molecule has 1 rings (SSSR count). The quantitative estimate of drug-likeness (QED) is 0.472. The molecule has 0 unspecified atom stereocenters. The van der Waals surface area contributed by atoms with Gasteiger partial charge in [-0.15, -0.1) is 0 Å². The standard InChI is InChI=1S/C16H20N2O7/c1-5-6-24-14(22)18-11-7-9(13(20)21)10(8-12(11)19)17-15(23)25-16(2,3)4/h5,7-8,19H,1,6H2,2-4H3,(H,17,23)(H,18,22)(H,20,21). The van der Waals surface area contributed by atoms with Crippen LogP contribution >= 0.6 is 0 Å². The number of carboxylic acid groups (broad SMARTS) is 1. The average molecular weight is 352 g/mol. The van der Waals surface area contributed by atoms with Crippen LogP contribution in [0, 0.1) is 0 Å². The average Bonchev–Trinajstić information content (AvgIpc) is 2.45. The Morgan fingerprint density at radius 2 is 1.76 bits per heavy atom. The van der Waals surface area contributed by atoms with E-state index in [2.05, 4.69) is 21.9 Å². The minimum atomic E-state index is -1.38. The van der Waals surface area contributed by atoms with Crippen LogP contribution in [0.1, 0.15) is 31.1 Å². The second-order valence-corrected chi connectivity index (χ2v) is 5.86. The van der Waals surface area contributed by atoms with Gasteiger partial charge in [-0.1, -0.05) is 12.7 Å². The van der Waals surface area contributed by atoms with E-state index in [0.717, 1.165) is 12.1 Å². The highest BCUT2D eigenvalue weighted by atomic mass is 16.6. The maximum atomic E-state index is 11.8. The van der Waals surface area contributed by atoms with E-state index in [0.29, 0.717) is 0 Å². The van der Waals surface area contributed by atoms with Crippen LogP contribution in [-0.2, 0) is 9.47 Å². The molecule has 0 heterocycles. The largest absolute Gasteiger partial charge is 0.506 e. The summed E-state index contributed by atoms with van der Waals surface area (Å²) in [6, 6.07) is 1.97. The van der Waals surface area contributed by atoms with Crippen molar-refractivity contribution in [3.63, 3.8) is 0 Å². The van der Waals surface area contributed by atoms with Gasteiger partial charge in [-0.25, -0.2) is 14.4 Å². The summed E-state index contributed by atoms with van der Waals surface area (Å²) in [6.07, 6.45) is -0.449. The third kappa shape index (κ3) is 6.42. The van der Waals surface area contributed by atoms with Gasteiger partial charge in [-0.3, -0.25) is 10.6 Å². The second-order valence-electron chi connectivity index (χ2n) is 5.86. The summed E-state index contributed by atoms with van der Waals surface area (Å²) < 4.78 is 9.72. The topological polar surface area (TPSA) is 134 Å². The van der Waals surface area contributed by atoms with E-state index in [1.54, 1.807) is 20.8 Å². The first kappa shape index (κ1) is 19.8. The number of amides is 2. The number of benzene rings is 1. The van der Waals surface area contributed by atoms with Crippen molar-refractivity contribution >= 4 is 29.5 Å². The van der Waals surface area contributed by atoms with Crippen LogP contribution in [0.3, 0.4) is 0 Å². The zero-order valence-corrected chi connectivity index (χ0v) is 14.1. The first-order chi connectivity index (χ1) is 11.5. The van der Waals surface area contributed by atoms with Gasteiger partial charge in [0.25, 0.3) is 0 Å². The molecule has 0 bridgehead atoms. The van der Waals surface area contributed by atoms with Crippen molar-refractivity contribution in [3.05, 3.63) is 30.4 Å². The molecule has 0 fully saturated rings. The van der Waals surface area contributed by atoms with Gasteiger partial charge in [0.15, 0.2) is 0 Å². The van der Waals surface area contributed by atoms with Crippen LogP contribution in [-0.4, -0.2) is 40.6 Å². The number of carbonyl (C=O) groups excluding carboxylic acids is 2. The lowest BCUT2D eigenvalue weighted by Crippen LogP contribution is -2.27. The van der Waals surface area contributed by atoms with Gasteiger partial charge in [0.2, 0.25) is 0 Å². The van der Waals surface area contributed by atoms with Gasteiger partial charge in [0.05, 0.1) is 16.9 Å². The lowest BCUT2D eigenvalue weighted by atomic mass is 10.1. The van der Waals surface area contributed by atoms with Crippen LogP contribution in [0.25, 0.3) is 0 Å². The van der Waals surface area contributed by atoms with Gasteiger partial charge in [-0.05, 0) is 26.8 Å². The van der Waals surface area contributed by atoms with Crippen molar-refractivity contribution in [1.82, 2.24) is 0 Å². The molecule has 0 atom stereocenters. The maximum Gasteiger partial charge on any atom is 0.412 e. The third-order valence-corrected chi connectivity index (χ3v) is 2.57. The Morgan fingerprint density at radius 3 is 2.28 bits per heavy atom. The number of aromatic hydroxyl groups is 1. The highest BCUT2D eigenvalue weighted by Gasteiger charge is 2.21. The highest BCUT2D eigenvalue weighted by molar-refractivity contribution is 6.01. The summed E-state index contributed by atoms with van der Waals surface area (Å²) in [4.78, 5) is 34.7. The molecule has 9 heteroatoms. The zero-order valence-electron chi connectivity index (χ0n) is 14.1. The number of phenols is 1. The number of aromatic carboxylic acids is 1. The van der Waals surface area contributed by atoms with Crippen molar-refractivity contribution in [2.24, 2.45) is 0 Å². The number of hydrogen-bond acceptors (Lipinski definition) is 6. The van der Waals surface area contributed by atoms with E-state index in [9.17, 15) is 24.6 Å². The minimum Gasteiger partial charge on any atom is -0.506 e. The molecular weight excluding hydrogens is 332 g/mol. The summed E-state index contributed by atoms with van der Waals surface area (Å²) in [6.45, 7) is 8.24. The van der Waals surface area contributed by atoms with Crippen molar-refractivity contribution in [1.29, 1.82) is 0 Å². The lowest BCUT2D eigenvalue weighted by Gasteiger charge is -2.20. The zero-order chi connectivity index (χ0) is 19.2. The summed E-state index contributed by atoms with van der Waals surface area (Å²) in [5, 5.41) is 23.7. The second kappa shape index (κ2) is 8.04. The van der Waals surface area contributed by atoms with E-state index in [1.165, 1.54) is 6.08 Å². The Hall–Kier alpha value is -3.23. The molecule has 25 heavy (non-hydrogen) atoms. The third-order valence-electron chi connectivity index (χ3n) is 2.57. The van der Waals surface area contributed by atoms with Crippen LogP contribution < -0.4 is 10.6 Å². The molecule has 0 radical (unpaired) electrons. The summed E-state index contributed by atoms with van der Waals surface area (Å²) >= 11 is 0. The molecule has 0 aliphatic carbocycles. The number of carboxylic acids is 1. The molecule has 4 N–H and O–H groups in total. The van der Waals surface area contributed by atoms with Crippen molar-refractivity contribution in [2.45, 2.75) is 26.4 Å². The SMILES string of the molecule is C=CCOC(=O)Nc1cc(C(=O)O)c(NC(=O)OC(C)(C)C)cc1O. The number of phenolic OH excluding ortho intramolecular Hbond substituents is 1. The monoisotopic (exact) mass is 352 g/mol. The van der Waals surface area contributed by atoms with Gasteiger partial charge >= 0.3 is 18.2 Å². The summed E-state index contributed by atoms with van der Waals surface area (Å²) in [5.41, 5.74) is -1.53. The van der Waals surface area contributed by atoms with Crippen LogP contribution in [0.15, 0.2) is 24.8 Å². The Kier molecular flexibility index (Phi) is 6.38. The Balaban J connectivity index is 3.06. The molecule has 136 valence electrons. The van der Waals surface area contributed by atoms with Gasteiger partial charge in [0, 0.05) is 6.07 Å². The number of rotatable bonds is 5. The maximum absolute atomic E-state index is 11.8. The van der Waals surface area contributed by atoms with E-state index in [4.69, 9.17) is 4.74 Å². The van der Waals surface area contributed by atoms with Gasteiger partial charge in [0.1, 0.15) is 18.0 Å². The molecule has 1 aromatic carbocycles. The molecule has 2 amide bonds. The van der Waals surface area contributed by atoms with Crippen LogP contribution in [0.5, 0.6) is 5.75 Å². The number of carbonyl (C=O) groups is 3. The normalized spacial score (nSPS) is 10.5. The molecule has 9 nitrogen and oxygen atoms in total. The molecule has 1 aromatic rings. The molecule has 0 saturated heterocycles. The lowest BCUT2D eigenvalue weighted by molar-refractivity contribution is 0.0636. The number of anilines is 2. The summed E-state index contributed by atoms with van der Waals surface area (Å²) in [5.74, 6) is -1.85. The minimum absolute atomic E-state index is 0.0589. The number of ether oxygens (including phenoxy) is 2. The van der Waals surface area contributed by atoms with Crippen molar-refractivity contribution in [2.75, 3.05) is 17.2 Å². The first-order valence-corrected chi connectivity index (χ1v) is 7.18. The van der Waals surface area contributed by atoms with Crippen molar-refractivity contribution < 1.29 is 34.1 Å². The Labute approximate surface area is 144 Å². The Bertz CT molecular complexity index is 692. The molecule has 0 aliphatic rings. The van der Waals surface area contributed by atoms with Gasteiger partial charge < -0.3 is 19.7 Å². The van der Waals surface area contributed by atoms with E-state index < -0.39 is 29.5 Å². The predicted molar refractivity (Wildman–Crippen MR) is 90.1 cm³/mol. The van der Waals surface area contributed by atoms with Crippen LogP contribution in [0.2, 0.25) is 0 Å². The predicted octanol–water partition coefficient (Wildman–Crippen LogP) is 3.17. The number of hydrogen-bond donors (Lipinski definition) is 4. The summed E-state index contributed by atoms with van der Waals surface area (Å²) in [7, 11) is 0. The van der Waals surface area contributed by atoms with Gasteiger partial charge in [-0.2, -0.15) is 0 Å². The van der Waals surface area contributed by atoms with E-state index in [-0.39, 0.29) is 23.5 Å². The highest BCUT2D eigenvalue weighted by Crippen LogP contribution is 2.31. The smallest absolute Gasteiger partial charge is 0.412 e. The van der Waals surface area contributed by atoms with E-state index >= 15 is 0 Å². The van der Waals surface area contributed by atoms with E-state index in [1.807, 2.05) is 0 Å². The number of nitrogens with one attached hydrogen (secondary N) is 2.